The fraction of sp³-hybridized carbons (Fsp3) is 0.947. The zero-order valence-corrected chi connectivity index (χ0v) is 17.7. The highest BCUT2D eigenvalue weighted by molar-refractivity contribution is 6.12. The molecule has 3 aliphatic rings. The van der Waals surface area contributed by atoms with E-state index in [1.165, 1.54) is 0 Å². The molecule has 6 nitrogen and oxygen atoms in total. The summed E-state index contributed by atoms with van der Waals surface area (Å²) in [6.45, 7) is 9.99. The molecule has 0 radical (unpaired) electrons. The molecule has 4 unspecified atom stereocenters. The molecule has 3 aliphatic heterocycles. The molecular formula is C19H35B2NO5. The summed E-state index contributed by atoms with van der Waals surface area (Å²) in [6, 6.07) is 0.196. The third-order valence-corrected chi connectivity index (χ3v) is 6.15. The van der Waals surface area contributed by atoms with Crippen molar-refractivity contribution in [3.05, 3.63) is 0 Å². The number of hydrogen-bond donors (Lipinski definition) is 1. The van der Waals surface area contributed by atoms with Crippen molar-refractivity contribution in [3.8, 4) is 0 Å². The topological polar surface area (TPSA) is 66.0 Å². The zero-order chi connectivity index (χ0) is 19.8. The molecule has 152 valence electrons. The van der Waals surface area contributed by atoms with E-state index in [4.69, 9.17) is 18.9 Å². The lowest BCUT2D eigenvalue weighted by atomic mass is 9.77. The van der Waals surface area contributed by atoms with Gasteiger partial charge >= 0.3 is 0 Å². The van der Waals surface area contributed by atoms with Gasteiger partial charge in [0.15, 0.2) is 5.60 Å². The third-order valence-electron chi connectivity index (χ3n) is 6.15. The van der Waals surface area contributed by atoms with E-state index >= 15 is 0 Å². The lowest BCUT2D eigenvalue weighted by molar-refractivity contribution is -0.159. The van der Waals surface area contributed by atoms with Crippen LogP contribution in [0.4, 0.5) is 0 Å². The van der Waals surface area contributed by atoms with Crippen LogP contribution in [0.2, 0.25) is 0 Å². The standard InChI is InChI=1S/C19H35B2NO5/c1-10(2)7-13-12(8-14(20)26-13)24-6-5-22-18(23)19-9-25-16(17(21)27-19)15(19)11(3)4/h10-17H,5-9,20-21H2,1-4H3,(H,22,23)/t12-,13?,14-,15?,16?,17?,19-/m1/s1. The predicted molar refractivity (Wildman–Crippen MR) is 108 cm³/mol. The molecule has 3 rings (SSSR count). The summed E-state index contributed by atoms with van der Waals surface area (Å²) in [5, 5.41) is 3.03. The molecule has 8 heteroatoms. The zero-order valence-electron chi connectivity index (χ0n) is 17.7. The maximum atomic E-state index is 12.9. The molecule has 1 N–H and O–H groups in total. The third kappa shape index (κ3) is 4.24. The van der Waals surface area contributed by atoms with Gasteiger partial charge in [0, 0.05) is 18.5 Å². The Kier molecular flexibility index (Phi) is 6.61. The highest BCUT2D eigenvalue weighted by Crippen LogP contribution is 2.47. The molecule has 0 aliphatic carbocycles. The average Bonchev–Trinajstić information content (AvgIpc) is 3.20. The van der Waals surface area contributed by atoms with E-state index < -0.39 is 5.60 Å². The first-order chi connectivity index (χ1) is 12.7. The average molecular weight is 379 g/mol. The van der Waals surface area contributed by atoms with E-state index in [2.05, 4.69) is 40.9 Å². The Hall–Kier alpha value is -0.560. The van der Waals surface area contributed by atoms with Gasteiger partial charge in [0.05, 0.1) is 37.5 Å². The smallest absolute Gasteiger partial charge is 0.255 e. The van der Waals surface area contributed by atoms with Gasteiger partial charge in [0.1, 0.15) is 15.7 Å². The number of hydrogen-bond acceptors (Lipinski definition) is 5. The number of carbonyl (C=O) groups excluding carboxylic acids is 1. The van der Waals surface area contributed by atoms with Crippen LogP contribution in [0.25, 0.3) is 0 Å². The quantitative estimate of drug-likeness (QED) is 0.463. The molecule has 2 bridgehead atoms. The Labute approximate surface area is 165 Å². The number of amides is 1. The van der Waals surface area contributed by atoms with Crippen molar-refractivity contribution in [2.75, 3.05) is 19.8 Å². The monoisotopic (exact) mass is 379 g/mol. The molecule has 0 aromatic heterocycles. The fourth-order valence-corrected chi connectivity index (χ4v) is 5.10. The Balaban J connectivity index is 1.48. The summed E-state index contributed by atoms with van der Waals surface area (Å²) < 4.78 is 24.0. The molecule has 3 saturated heterocycles. The minimum absolute atomic E-state index is 0.0147. The van der Waals surface area contributed by atoms with E-state index in [1.807, 2.05) is 7.85 Å². The first-order valence-electron chi connectivity index (χ1n) is 10.6. The van der Waals surface area contributed by atoms with Crippen LogP contribution in [-0.2, 0) is 23.7 Å². The first-order valence-corrected chi connectivity index (χ1v) is 10.6. The van der Waals surface area contributed by atoms with E-state index in [0.717, 1.165) is 12.8 Å². The molecule has 0 aromatic rings. The lowest BCUT2D eigenvalue weighted by Gasteiger charge is -2.31. The molecule has 27 heavy (non-hydrogen) atoms. The van der Waals surface area contributed by atoms with Crippen LogP contribution in [0.3, 0.4) is 0 Å². The van der Waals surface area contributed by atoms with Crippen molar-refractivity contribution in [2.45, 2.75) is 76.5 Å². The molecule has 0 spiro atoms. The molecule has 0 saturated carbocycles. The van der Waals surface area contributed by atoms with Crippen LogP contribution in [0, 0.1) is 17.8 Å². The van der Waals surface area contributed by atoms with Crippen molar-refractivity contribution >= 4 is 21.6 Å². The second kappa shape index (κ2) is 8.44. The van der Waals surface area contributed by atoms with Crippen LogP contribution >= 0.6 is 0 Å². The Morgan fingerprint density at radius 3 is 2.67 bits per heavy atom. The highest BCUT2D eigenvalue weighted by Gasteiger charge is 2.64. The second-order valence-corrected chi connectivity index (χ2v) is 9.27. The van der Waals surface area contributed by atoms with Gasteiger partial charge in [-0.15, -0.1) is 0 Å². The van der Waals surface area contributed by atoms with Crippen molar-refractivity contribution in [3.63, 3.8) is 0 Å². The summed E-state index contributed by atoms with van der Waals surface area (Å²) in [4.78, 5) is 12.9. The minimum atomic E-state index is -0.844. The number of rotatable bonds is 8. The summed E-state index contributed by atoms with van der Waals surface area (Å²) in [5.74, 6) is 0.952. The van der Waals surface area contributed by atoms with E-state index in [1.54, 1.807) is 0 Å². The predicted octanol–water partition coefficient (Wildman–Crippen LogP) is -0.319. The van der Waals surface area contributed by atoms with Crippen molar-refractivity contribution in [1.29, 1.82) is 0 Å². The van der Waals surface area contributed by atoms with Crippen molar-refractivity contribution in [2.24, 2.45) is 17.8 Å². The summed E-state index contributed by atoms with van der Waals surface area (Å²) in [7, 11) is 4.09. The van der Waals surface area contributed by atoms with Crippen molar-refractivity contribution in [1.82, 2.24) is 5.32 Å². The van der Waals surface area contributed by atoms with Gasteiger partial charge in [-0.25, -0.2) is 0 Å². The molecule has 3 fully saturated rings. The van der Waals surface area contributed by atoms with Gasteiger partial charge in [0.2, 0.25) is 0 Å². The van der Waals surface area contributed by atoms with Gasteiger partial charge in [-0.05, 0) is 24.7 Å². The highest BCUT2D eigenvalue weighted by atomic mass is 16.6. The number of nitrogens with one attached hydrogen (secondary N) is 1. The van der Waals surface area contributed by atoms with Gasteiger partial charge in [0.25, 0.3) is 5.91 Å². The molecule has 3 heterocycles. The molecule has 1 amide bonds. The largest absolute Gasteiger partial charge is 0.381 e. The minimum Gasteiger partial charge on any atom is -0.381 e. The summed E-state index contributed by atoms with van der Waals surface area (Å²) >= 11 is 0. The van der Waals surface area contributed by atoms with Crippen LogP contribution < -0.4 is 5.32 Å². The Bertz CT molecular complexity index is 534. The number of carbonyl (C=O) groups is 1. The van der Waals surface area contributed by atoms with E-state index in [0.29, 0.717) is 31.6 Å². The maximum Gasteiger partial charge on any atom is 0.255 e. The summed E-state index contributed by atoms with van der Waals surface area (Å²) in [6.07, 6.45) is 2.21. The maximum absolute atomic E-state index is 12.9. The van der Waals surface area contributed by atoms with Gasteiger partial charge < -0.3 is 24.3 Å². The van der Waals surface area contributed by atoms with Crippen LogP contribution in [-0.4, -0.2) is 77.3 Å². The van der Waals surface area contributed by atoms with Crippen LogP contribution in [0.15, 0.2) is 0 Å². The van der Waals surface area contributed by atoms with Crippen LogP contribution in [0.5, 0.6) is 0 Å². The molecule has 0 aromatic carbocycles. The first kappa shape index (κ1) is 21.2. The normalized spacial score (nSPS) is 41.0. The number of fused-ring (bicyclic) bond motifs is 2. The second-order valence-electron chi connectivity index (χ2n) is 9.27. The van der Waals surface area contributed by atoms with Crippen molar-refractivity contribution < 1.29 is 23.7 Å². The molecule has 7 atom stereocenters. The van der Waals surface area contributed by atoms with Gasteiger partial charge in [-0.1, -0.05) is 27.7 Å². The number of ether oxygens (including phenoxy) is 4. The fourth-order valence-electron chi connectivity index (χ4n) is 5.10. The van der Waals surface area contributed by atoms with Gasteiger partial charge in [-0.2, -0.15) is 0 Å². The SMILES string of the molecule is BC1O[C@]2(C(=O)NCCO[C@@H]3C[C@H](B)OC3CC(C)C)COC1C2C(C)C. The van der Waals surface area contributed by atoms with E-state index in [-0.39, 0.29) is 42.1 Å². The molecular weight excluding hydrogens is 344 g/mol. The lowest BCUT2D eigenvalue weighted by Crippen LogP contribution is -2.54. The summed E-state index contributed by atoms with van der Waals surface area (Å²) in [5.41, 5.74) is -0.844. The Morgan fingerprint density at radius 1 is 1.30 bits per heavy atom. The van der Waals surface area contributed by atoms with Crippen LogP contribution in [0.1, 0.15) is 40.5 Å². The van der Waals surface area contributed by atoms with E-state index in [9.17, 15) is 4.79 Å². The van der Waals surface area contributed by atoms with Gasteiger partial charge in [-0.3, -0.25) is 4.79 Å². The Morgan fingerprint density at radius 2 is 2.04 bits per heavy atom.